The number of hydrogen-bond donors (Lipinski definition) is 1. The maximum absolute atomic E-state index is 5.83. The number of hydrogen-bond acceptors (Lipinski definition) is 3. The van der Waals surface area contributed by atoms with E-state index >= 15 is 0 Å². The number of rotatable bonds is 2. The lowest BCUT2D eigenvalue weighted by Gasteiger charge is -2.18. The summed E-state index contributed by atoms with van der Waals surface area (Å²) in [4.78, 5) is 0. The van der Waals surface area contributed by atoms with Crippen LogP contribution in [-0.4, -0.2) is 19.8 Å². The molecule has 0 bridgehead atoms. The Hall–Kier alpha value is -0.900. The number of ether oxygens (including phenoxy) is 2. The van der Waals surface area contributed by atoms with Crippen molar-refractivity contribution in [3.63, 3.8) is 0 Å². The van der Waals surface area contributed by atoms with Gasteiger partial charge in [-0.15, -0.1) is 0 Å². The van der Waals surface area contributed by atoms with E-state index < -0.39 is 0 Å². The normalized spacial score (nSPS) is 37.6. The van der Waals surface area contributed by atoms with Gasteiger partial charge in [0.2, 0.25) is 0 Å². The molecule has 3 atom stereocenters. The first kappa shape index (κ1) is 10.3. The molecule has 1 aromatic rings. The van der Waals surface area contributed by atoms with Crippen LogP contribution in [0.2, 0.25) is 0 Å². The number of benzene rings is 1. The third-order valence-electron chi connectivity index (χ3n) is 3.81. The van der Waals surface area contributed by atoms with Gasteiger partial charge in [0.1, 0.15) is 0 Å². The molecule has 1 aliphatic heterocycles. The molecule has 2 N–H and O–H groups in total. The van der Waals surface area contributed by atoms with Crippen molar-refractivity contribution in [2.45, 2.75) is 12.7 Å². The molecule has 2 aliphatic rings. The van der Waals surface area contributed by atoms with Gasteiger partial charge in [-0.3, -0.25) is 0 Å². The van der Waals surface area contributed by atoms with Crippen LogP contribution < -0.4 is 5.73 Å². The second kappa shape index (κ2) is 3.84. The number of nitrogens with two attached hydrogens (primary N) is 1. The van der Waals surface area contributed by atoms with Gasteiger partial charge in [0.15, 0.2) is 6.29 Å². The minimum absolute atomic E-state index is 0.211. The number of fused-ring (bicyclic) bond motifs is 1. The molecule has 3 unspecified atom stereocenters. The van der Waals surface area contributed by atoms with Gasteiger partial charge in [-0.1, -0.05) is 30.3 Å². The zero-order valence-electron chi connectivity index (χ0n) is 9.26. The van der Waals surface area contributed by atoms with Gasteiger partial charge in [-0.05, 0) is 12.3 Å². The molecule has 3 nitrogen and oxygen atoms in total. The average molecular weight is 219 g/mol. The summed E-state index contributed by atoms with van der Waals surface area (Å²) < 4.78 is 11.6. The van der Waals surface area contributed by atoms with E-state index in [0.717, 1.165) is 25.2 Å². The lowest BCUT2D eigenvalue weighted by atomic mass is 10.1. The highest BCUT2D eigenvalue weighted by atomic mass is 16.7. The van der Waals surface area contributed by atoms with Gasteiger partial charge < -0.3 is 15.2 Å². The monoisotopic (exact) mass is 219 g/mol. The van der Waals surface area contributed by atoms with Crippen molar-refractivity contribution in [3.8, 4) is 0 Å². The van der Waals surface area contributed by atoms with Crippen molar-refractivity contribution < 1.29 is 9.47 Å². The van der Waals surface area contributed by atoms with Crippen LogP contribution in [0.5, 0.6) is 0 Å². The average Bonchev–Trinajstić information content (AvgIpc) is 3.04. The Morgan fingerprint density at radius 2 is 2.06 bits per heavy atom. The molecule has 1 aliphatic carbocycles. The predicted octanol–water partition coefficient (Wildman–Crippen LogP) is 1.70. The Morgan fingerprint density at radius 1 is 1.25 bits per heavy atom. The van der Waals surface area contributed by atoms with Crippen molar-refractivity contribution >= 4 is 0 Å². The van der Waals surface area contributed by atoms with Crippen LogP contribution in [0.1, 0.15) is 18.3 Å². The van der Waals surface area contributed by atoms with E-state index in [4.69, 9.17) is 15.2 Å². The standard InChI is InChI=1S/C13H17NO2/c14-8-13-6-11(13)7-15-12(16-9-13)10-4-2-1-3-5-10/h1-5,11-12H,6-9,14H2. The fourth-order valence-corrected chi connectivity index (χ4v) is 2.45. The largest absolute Gasteiger partial charge is 0.348 e. The molecule has 3 heteroatoms. The smallest absolute Gasteiger partial charge is 0.183 e. The summed E-state index contributed by atoms with van der Waals surface area (Å²) in [6.45, 7) is 2.22. The van der Waals surface area contributed by atoms with E-state index in [1.54, 1.807) is 0 Å². The first-order chi connectivity index (χ1) is 7.84. The van der Waals surface area contributed by atoms with Gasteiger partial charge in [0.05, 0.1) is 13.2 Å². The zero-order valence-corrected chi connectivity index (χ0v) is 9.26. The summed E-state index contributed by atoms with van der Waals surface area (Å²) in [5, 5.41) is 0. The van der Waals surface area contributed by atoms with Crippen LogP contribution in [0.3, 0.4) is 0 Å². The highest BCUT2D eigenvalue weighted by molar-refractivity contribution is 5.16. The second-order valence-corrected chi connectivity index (χ2v) is 4.85. The van der Waals surface area contributed by atoms with Gasteiger partial charge in [-0.2, -0.15) is 0 Å². The van der Waals surface area contributed by atoms with Crippen LogP contribution in [0.15, 0.2) is 30.3 Å². The fraction of sp³-hybridized carbons (Fsp3) is 0.538. The van der Waals surface area contributed by atoms with Crippen molar-refractivity contribution in [2.24, 2.45) is 17.1 Å². The molecule has 1 heterocycles. The highest BCUT2D eigenvalue weighted by Gasteiger charge is 2.55. The van der Waals surface area contributed by atoms with Gasteiger partial charge in [-0.25, -0.2) is 0 Å². The minimum atomic E-state index is -0.211. The molecular formula is C13H17NO2. The lowest BCUT2D eigenvalue weighted by molar-refractivity contribution is -0.141. The predicted molar refractivity (Wildman–Crippen MR) is 60.7 cm³/mol. The zero-order chi connectivity index (χ0) is 11.0. The third kappa shape index (κ3) is 1.65. The second-order valence-electron chi connectivity index (χ2n) is 4.85. The molecule has 0 amide bonds. The molecule has 86 valence electrons. The SMILES string of the molecule is NCC12COC(c3ccccc3)OCC1C2. The Bertz CT molecular complexity index is 367. The van der Waals surface area contributed by atoms with Crippen molar-refractivity contribution in [1.82, 2.24) is 0 Å². The van der Waals surface area contributed by atoms with Gasteiger partial charge >= 0.3 is 0 Å². The maximum Gasteiger partial charge on any atom is 0.183 e. The fourth-order valence-electron chi connectivity index (χ4n) is 2.45. The summed E-state index contributed by atoms with van der Waals surface area (Å²) in [6.07, 6.45) is 0.947. The summed E-state index contributed by atoms with van der Waals surface area (Å²) in [6, 6.07) is 10.1. The van der Waals surface area contributed by atoms with E-state index in [1.165, 1.54) is 0 Å². The summed E-state index contributed by atoms with van der Waals surface area (Å²) in [7, 11) is 0. The first-order valence-corrected chi connectivity index (χ1v) is 5.82. The summed E-state index contributed by atoms with van der Waals surface area (Å²) >= 11 is 0. The van der Waals surface area contributed by atoms with E-state index in [9.17, 15) is 0 Å². The molecule has 1 aromatic carbocycles. The molecule has 0 radical (unpaired) electrons. The molecule has 1 saturated heterocycles. The van der Waals surface area contributed by atoms with Crippen molar-refractivity contribution in [3.05, 3.63) is 35.9 Å². The van der Waals surface area contributed by atoms with Crippen LogP contribution in [0, 0.1) is 11.3 Å². The van der Waals surface area contributed by atoms with Crippen LogP contribution in [0.4, 0.5) is 0 Å². The first-order valence-electron chi connectivity index (χ1n) is 5.82. The quantitative estimate of drug-likeness (QED) is 0.823. The van der Waals surface area contributed by atoms with Crippen molar-refractivity contribution in [1.29, 1.82) is 0 Å². The molecule has 1 saturated carbocycles. The Morgan fingerprint density at radius 3 is 2.81 bits per heavy atom. The van der Waals surface area contributed by atoms with Crippen LogP contribution in [0.25, 0.3) is 0 Å². The van der Waals surface area contributed by atoms with Crippen LogP contribution >= 0.6 is 0 Å². The maximum atomic E-state index is 5.83. The lowest BCUT2D eigenvalue weighted by Crippen LogP contribution is -2.23. The van der Waals surface area contributed by atoms with E-state index in [0.29, 0.717) is 12.5 Å². The highest BCUT2D eigenvalue weighted by Crippen LogP contribution is 2.54. The Balaban J connectivity index is 1.72. The molecule has 0 aromatic heterocycles. The molecule has 2 fully saturated rings. The van der Waals surface area contributed by atoms with Gasteiger partial charge in [0, 0.05) is 17.5 Å². The Labute approximate surface area is 95.5 Å². The summed E-state index contributed by atoms with van der Waals surface area (Å²) in [5.74, 6) is 0.603. The van der Waals surface area contributed by atoms with Gasteiger partial charge in [0.25, 0.3) is 0 Å². The summed E-state index contributed by atoms with van der Waals surface area (Å²) in [5.41, 5.74) is 7.10. The molecule has 16 heavy (non-hydrogen) atoms. The molecular weight excluding hydrogens is 202 g/mol. The van der Waals surface area contributed by atoms with E-state index in [-0.39, 0.29) is 11.7 Å². The Kier molecular flexibility index (Phi) is 2.46. The topological polar surface area (TPSA) is 44.5 Å². The van der Waals surface area contributed by atoms with Crippen molar-refractivity contribution in [2.75, 3.05) is 19.8 Å². The van der Waals surface area contributed by atoms with E-state index in [2.05, 4.69) is 0 Å². The molecule has 0 spiro atoms. The minimum Gasteiger partial charge on any atom is -0.348 e. The third-order valence-corrected chi connectivity index (χ3v) is 3.81. The van der Waals surface area contributed by atoms with Crippen LogP contribution in [-0.2, 0) is 9.47 Å². The molecule has 3 rings (SSSR count). The van der Waals surface area contributed by atoms with E-state index in [1.807, 2.05) is 30.3 Å².